The van der Waals surface area contributed by atoms with Crippen LogP contribution < -0.4 is 0 Å². The fraction of sp³-hybridized carbons (Fsp3) is 0.462. The molecule has 2 nitrogen and oxygen atoms in total. The Kier molecular flexibility index (Phi) is 3.74. The van der Waals surface area contributed by atoms with Crippen molar-refractivity contribution in [2.24, 2.45) is 0 Å². The number of hydrogen-bond acceptors (Lipinski definition) is 2. The Balaban J connectivity index is 3.51. The Morgan fingerprint density at radius 2 is 1.78 bits per heavy atom. The first-order valence-corrected chi connectivity index (χ1v) is 5.38. The highest BCUT2D eigenvalue weighted by Gasteiger charge is 2.50. The molecular formula is C13H15F3O2. The van der Waals surface area contributed by atoms with Gasteiger partial charge in [0, 0.05) is 0 Å². The van der Waals surface area contributed by atoms with Crippen LogP contribution in [0, 0.1) is 6.92 Å². The van der Waals surface area contributed by atoms with Gasteiger partial charge in [0.25, 0.3) is 0 Å². The standard InChI is InChI=1S/C13H15F3O2/c1-8-6-5-7-9(10(8)11(17)18-4)12(2,3)13(14,15)16/h5-7H,1-4H3. The molecule has 0 saturated heterocycles. The zero-order valence-corrected chi connectivity index (χ0v) is 10.7. The maximum absolute atomic E-state index is 13.0. The fourth-order valence-electron chi connectivity index (χ4n) is 1.71. The van der Waals surface area contributed by atoms with E-state index in [1.807, 2.05) is 0 Å². The molecule has 0 bridgehead atoms. The molecule has 0 aromatic heterocycles. The largest absolute Gasteiger partial charge is 0.465 e. The van der Waals surface area contributed by atoms with Crippen molar-refractivity contribution < 1.29 is 22.7 Å². The molecule has 1 aromatic rings. The van der Waals surface area contributed by atoms with E-state index in [0.717, 1.165) is 21.0 Å². The van der Waals surface area contributed by atoms with E-state index in [1.165, 1.54) is 12.1 Å². The van der Waals surface area contributed by atoms with E-state index in [-0.39, 0.29) is 11.1 Å². The number of methoxy groups -OCH3 is 1. The van der Waals surface area contributed by atoms with Crippen molar-refractivity contribution in [3.8, 4) is 0 Å². The molecular weight excluding hydrogens is 245 g/mol. The Morgan fingerprint density at radius 1 is 1.22 bits per heavy atom. The van der Waals surface area contributed by atoms with Gasteiger partial charge < -0.3 is 4.74 Å². The molecule has 0 spiro atoms. The molecule has 0 aliphatic carbocycles. The maximum Gasteiger partial charge on any atom is 0.397 e. The lowest BCUT2D eigenvalue weighted by atomic mass is 9.80. The number of carbonyl (C=O) groups excluding carboxylic acids is 1. The Morgan fingerprint density at radius 3 is 2.22 bits per heavy atom. The zero-order chi connectivity index (χ0) is 14.1. The van der Waals surface area contributed by atoms with Gasteiger partial charge in [0.05, 0.1) is 18.1 Å². The van der Waals surface area contributed by atoms with Gasteiger partial charge in [-0.1, -0.05) is 18.2 Å². The van der Waals surface area contributed by atoms with Gasteiger partial charge in [0.2, 0.25) is 0 Å². The van der Waals surface area contributed by atoms with Crippen LogP contribution in [0.25, 0.3) is 0 Å². The highest BCUT2D eigenvalue weighted by atomic mass is 19.4. The van der Waals surface area contributed by atoms with Gasteiger partial charge in [-0.15, -0.1) is 0 Å². The lowest BCUT2D eigenvalue weighted by Crippen LogP contribution is -2.38. The zero-order valence-electron chi connectivity index (χ0n) is 10.7. The van der Waals surface area contributed by atoms with Crippen LogP contribution in [0.4, 0.5) is 13.2 Å². The molecule has 0 amide bonds. The normalized spacial score (nSPS) is 12.4. The molecule has 100 valence electrons. The summed E-state index contributed by atoms with van der Waals surface area (Å²) in [6.07, 6.45) is -4.44. The van der Waals surface area contributed by atoms with E-state index in [0.29, 0.717) is 5.56 Å². The summed E-state index contributed by atoms with van der Waals surface area (Å²) in [5.41, 5.74) is -1.72. The minimum absolute atomic E-state index is 0.0117. The predicted molar refractivity (Wildman–Crippen MR) is 61.6 cm³/mol. The van der Waals surface area contributed by atoms with E-state index in [4.69, 9.17) is 0 Å². The van der Waals surface area contributed by atoms with Gasteiger partial charge in [0.15, 0.2) is 0 Å². The molecule has 18 heavy (non-hydrogen) atoms. The van der Waals surface area contributed by atoms with Crippen LogP contribution in [-0.4, -0.2) is 19.3 Å². The van der Waals surface area contributed by atoms with E-state index in [9.17, 15) is 18.0 Å². The average Bonchev–Trinajstić information content (AvgIpc) is 2.26. The number of benzene rings is 1. The summed E-state index contributed by atoms with van der Waals surface area (Å²) >= 11 is 0. The minimum atomic E-state index is -4.44. The van der Waals surface area contributed by atoms with Crippen LogP contribution in [-0.2, 0) is 10.2 Å². The number of esters is 1. The molecule has 1 aromatic carbocycles. The van der Waals surface area contributed by atoms with Crippen molar-refractivity contribution in [2.45, 2.75) is 32.4 Å². The predicted octanol–water partition coefficient (Wildman–Crippen LogP) is 3.62. The van der Waals surface area contributed by atoms with Gasteiger partial charge >= 0.3 is 12.1 Å². The van der Waals surface area contributed by atoms with Crippen molar-refractivity contribution >= 4 is 5.97 Å². The summed E-state index contributed by atoms with van der Waals surface area (Å²) < 4.78 is 43.7. The summed E-state index contributed by atoms with van der Waals surface area (Å²) in [5.74, 6) is -0.750. The third-order valence-electron chi connectivity index (χ3n) is 3.04. The van der Waals surface area contributed by atoms with Gasteiger partial charge in [-0.2, -0.15) is 13.2 Å². The van der Waals surface area contributed by atoms with Crippen LogP contribution in [0.2, 0.25) is 0 Å². The Hall–Kier alpha value is -1.52. The lowest BCUT2D eigenvalue weighted by Gasteiger charge is -2.30. The highest BCUT2D eigenvalue weighted by molar-refractivity contribution is 5.93. The highest BCUT2D eigenvalue weighted by Crippen LogP contribution is 2.42. The van der Waals surface area contributed by atoms with Gasteiger partial charge in [-0.3, -0.25) is 0 Å². The quantitative estimate of drug-likeness (QED) is 0.759. The van der Waals surface area contributed by atoms with Crippen molar-refractivity contribution in [2.75, 3.05) is 7.11 Å². The minimum Gasteiger partial charge on any atom is -0.465 e. The number of ether oxygens (including phenoxy) is 1. The number of aryl methyl sites for hydroxylation is 1. The molecule has 0 radical (unpaired) electrons. The second-order valence-corrected chi connectivity index (χ2v) is 4.61. The molecule has 0 saturated carbocycles. The summed E-state index contributed by atoms with van der Waals surface area (Å²) in [6, 6.07) is 4.40. The number of rotatable bonds is 2. The van der Waals surface area contributed by atoms with Crippen LogP contribution in [0.1, 0.15) is 35.3 Å². The molecule has 0 unspecified atom stereocenters. The smallest absolute Gasteiger partial charge is 0.397 e. The topological polar surface area (TPSA) is 26.3 Å². The monoisotopic (exact) mass is 260 g/mol. The van der Waals surface area contributed by atoms with E-state index >= 15 is 0 Å². The molecule has 0 atom stereocenters. The number of halogens is 3. The third-order valence-corrected chi connectivity index (χ3v) is 3.04. The Bertz CT molecular complexity index is 462. The summed E-state index contributed by atoms with van der Waals surface area (Å²) in [5, 5.41) is 0. The third kappa shape index (κ3) is 2.35. The molecule has 0 fully saturated rings. The van der Waals surface area contributed by atoms with Gasteiger partial charge in [-0.25, -0.2) is 4.79 Å². The van der Waals surface area contributed by atoms with Crippen molar-refractivity contribution in [3.63, 3.8) is 0 Å². The second-order valence-electron chi connectivity index (χ2n) is 4.61. The summed E-state index contributed by atoms with van der Waals surface area (Å²) in [4.78, 5) is 11.6. The Labute approximate surface area is 104 Å². The van der Waals surface area contributed by atoms with Crippen molar-refractivity contribution in [3.05, 3.63) is 34.9 Å². The number of alkyl halides is 3. The molecule has 0 heterocycles. The van der Waals surface area contributed by atoms with Crippen LogP contribution >= 0.6 is 0 Å². The second kappa shape index (κ2) is 4.63. The lowest BCUT2D eigenvalue weighted by molar-refractivity contribution is -0.180. The molecule has 1 rings (SSSR count). The number of carbonyl (C=O) groups is 1. The van der Waals surface area contributed by atoms with E-state index < -0.39 is 17.6 Å². The van der Waals surface area contributed by atoms with Crippen LogP contribution in [0.5, 0.6) is 0 Å². The summed E-state index contributed by atoms with van der Waals surface area (Å²) in [6.45, 7) is 3.69. The first kappa shape index (κ1) is 14.5. The molecule has 5 heteroatoms. The van der Waals surface area contributed by atoms with Crippen molar-refractivity contribution in [1.82, 2.24) is 0 Å². The van der Waals surface area contributed by atoms with Gasteiger partial charge in [-0.05, 0) is 31.9 Å². The average molecular weight is 260 g/mol. The first-order chi connectivity index (χ1) is 8.13. The molecule has 0 N–H and O–H groups in total. The maximum atomic E-state index is 13.0. The first-order valence-electron chi connectivity index (χ1n) is 5.38. The van der Waals surface area contributed by atoms with E-state index in [1.54, 1.807) is 13.0 Å². The molecule has 0 aliphatic rings. The van der Waals surface area contributed by atoms with Crippen LogP contribution in [0.15, 0.2) is 18.2 Å². The van der Waals surface area contributed by atoms with E-state index in [2.05, 4.69) is 4.74 Å². The van der Waals surface area contributed by atoms with Crippen molar-refractivity contribution in [1.29, 1.82) is 0 Å². The van der Waals surface area contributed by atoms with Gasteiger partial charge in [0.1, 0.15) is 0 Å². The summed E-state index contributed by atoms with van der Waals surface area (Å²) in [7, 11) is 1.15. The number of hydrogen-bond donors (Lipinski definition) is 0. The molecule has 0 aliphatic heterocycles. The fourth-order valence-corrected chi connectivity index (χ4v) is 1.71. The SMILES string of the molecule is COC(=O)c1c(C)cccc1C(C)(C)C(F)(F)F. The van der Waals surface area contributed by atoms with Crippen LogP contribution in [0.3, 0.4) is 0 Å².